The quantitative estimate of drug-likeness (QED) is 0.0516. The maximum absolute atomic E-state index is 12.2. The summed E-state index contributed by atoms with van der Waals surface area (Å²) in [5.41, 5.74) is 14.0. The molecular weight excluding hydrogens is 1200 g/mol. The van der Waals surface area contributed by atoms with Crippen LogP contribution in [0, 0.1) is 99.6 Å². The number of unbranched alkanes of at least 4 members (excludes halogenated alkanes) is 2. The number of methoxy groups -OCH3 is 1. The third kappa shape index (κ3) is 32.3. The molecule has 8 rings (SSSR count). The Balaban J connectivity index is 0.000000514. The lowest BCUT2D eigenvalue weighted by atomic mass is 10.1. The number of para-hydroxylation sites is 2. The predicted octanol–water partition coefficient (Wildman–Crippen LogP) is 20.6. The highest BCUT2D eigenvalue weighted by molar-refractivity contribution is 6.30. The fourth-order valence-electron chi connectivity index (χ4n) is 7.38. The zero-order valence-corrected chi connectivity index (χ0v) is 53.6. The lowest BCUT2D eigenvalue weighted by Gasteiger charge is -2.12. The number of hydrogen-bond acceptors (Lipinski definition) is 10. The first-order valence-corrected chi connectivity index (χ1v) is 28.6. The van der Waals surface area contributed by atoms with E-state index in [4.69, 9.17) is 38.4 Å². The van der Waals surface area contributed by atoms with Crippen LogP contribution < -0.4 is 20.5 Å². The number of hydrogen-bond donors (Lipinski definition) is 2. The standard InChI is InChI=1S/C13H22N2.C9H6F6.C9H11NO3.C8H9NO2.C8H10O.2C7H7Cl.C7H7NO2/c1-11-6-7-12(2)13(10-11)15-9-5-3-4-8-14;1-5-2-6(8(10,11)12)4-7(3-5)9(13,14)15;1-3-13-9-5-4-7(2)6-8(9)10(11)12;1-6-4-3-5-8(7(6)2)9(10)11;1-7-5-3-4-6-8(7)9-2;1-6-2-4-7(8)5-3-6;1-6-3-2-4-7(8)5-6;1-6-4-2-3-5-7(6)8(9)10/h6-7,10,15H,3-5,8-9,14H2,1-2H3;2-4H,1H3;4-6H,3H2,1-2H3;3-5H,1-2H3;3-6H,1-2H3;2*2-5H,1H3;2-5H,1H3. The van der Waals surface area contributed by atoms with Crippen molar-refractivity contribution in [2.45, 2.75) is 108 Å². The first-order chi connectivity index (χ1) is 41.7. The van der Waals surface area contributed by atoms with E-state index >= 15 is 0 Å². The lowest BCUT2D eigenvalue weighted by Crippen LogP contribution is -2.11. The highest BCUT2D eigenvalue weighted by Gasteiger charge is 2.36. The van der Waals surface area contributed by atoms with E-state index in [9.17, 15) is 56.7 Å². The number of nitro benzene ring substituents is 3. The Morgan fingerprint density at radius 3 is 1.40 bits per heavy atom. The Morgan fingerprint density at radius 2 is 0.955 bits per heavy atom. The molecular formula is C68H79Cl2F6N5O8. The van der Waals surface area contributed by atoms with Crippen molar-refractivity contribution in [1.82, 2.24) is 0 Å². The molecule has 0 atom stereocenters. The first-order valence-electron chi connectivity index (χ1n) is 27.9. The average molecular weight is 1280 g/mol. The second kappa shape index (κ2) is 40.8. The van der Waals surface area contributed by atoms with Crippen molar-refractivity contribution in [3.63, 3.8) is 0 Å². The first kappa shape index (κ1) is 78.5. The molecule has 0 spiro atoms. The van der Waals surface area contributed by atoms with Gasteiger partial charge in [-0.15, -0.1) is 0 Å². The minimum Gasteiger partial charge on any atom is -0.496 e. The summed E-state index contributed by atoms with van der Waals surface area (Å²) in [5.74, 6) is 1.29. The summed E-state index contributed by atoms with van der Waals surface area (Å²) in [7, 11) is 1.68. The van der Waals surface area contributed by atoms with Crippen LogP contribution in [-0.4, -0.2) is 41.6 Å². The summed E-state index contributed by atoms with van der Waals surface area (Å²) in [6, 6.07) is 48.1. The maximum Gasteiger partial charge on any atom is 0.416 e. The molecule has 89 heavy (non-hydrogen) atoms. The summed E-state index contributed by atoms with van der Waals surface area (Å²) in [5, 5.41) is 36.3. The maximum atomic E-state index is 12.2. The normalized spacial score (nSPS) is 10.2. The van der Waals surface area contributed by atoms with E-state index < -0.39 is 28.4 Å². The molecule has 0 radical (unpaired) electrons. The van der Waals surface area contributed by atoms with Crippen LogP contribution in [-0.2, 0) is 12.4 Å². The van der Waals surface area contributed by atoms with Gasteiger partial charge in [0.05, 0.1) is 39.6 Å². The molecule has 0 aliphatic rings. The SMILES string of the molecule is CCOc1ccc(C)cc1[N+](=O)[O-].COc1ccccc1C.Cc1cc(C(F)(F)F)cc(C(F)(F)F)c1.Cc1ccc(C)c(NCCCCCN)c1.Cc1ccc(Cl)cc1.Cc1cccc(Cl)c1.Cc1cccc([N+](=O)[O-])c1C.Cc1ccccc1[N+](=O)[O-]. The molecule has 0 unspecified atom stereocenters. The van der Waals surface area contributed by atoms with Gasteiger partial charge in [0.2, 0.25) is 0 Å². The number of benzene rings is 8. The van der Waals surface area contributed by atoms with Gasteiger partial charge >= 0.3 is 18.0 Å². The van der Waals surface area contributed by atoms with Crippen LogP contribution >= 0.6 is 23.2 Å². The Morgan fingerprint density at radius 1 is 0.461 bits per heavy atom. The van der Waals surface area contributed by atoms with Gasteiger partial charge in [-0.2, -0.15) is 26.3 Å². The number of nitro groups is 3. The van der Waals surface area contributed by atoms with Crippen molar-refractivity contribution >= 4 is 46.0 Å². The molecule has 0 aliphatic heterocycles. The van der Waals surface area contributed by atoms with E-state index in [1.54, 1.807) is 64.3 Å². The molecule has 0 aromatic heterocycles. The van der Waals surface area contributed by atoms with E-state index in [0.717, 1.165) is 52.0 Å². The molecule has 480 valence electrons. The fourth-order valence-corrected chi connectivity index (χ4v) is 7.75. The Labute approximate surface area is 528 Å². The van der Waals surface area contributed by atoms with Gasteiger partial charge < -0.3 is 20.5 Å². The molecule has 0 fully saturated rings. The molecule has 0 heterocycles. The van der Waals surface area contributed by atoms with Gasteiger partial charge in [-0.05, 0) is 195 Å². The van der Waals surface area contributed by atoms with Gasteiger partial charge in [0.25, 0.3) is 11.4 Å². The number of nitrogens with two attached hydrogens (primary N) is 1. The van der Waals surface area contributed by atoms with Crippen molar-refractivity contribution in [1.29, 1.82) is 0 Å². The Hall–Kier alpha value is -8.52. The van der Waals surface area contributed by atoms with Crippen LogP contribution in [0.1, 0.15) is 92.9 Å². The topological polar surface area (TPSA) is 186 Å². The van der Waals surface area contributed by atoms with Crippen LogP contribution in [0.3, 0.4) is 0 Å². The largest absolute Gasteiger partial charge is 0.496 e. The Bertz CT molecular complexity index is 3370. The summed E-state index contributed by atoms with van der Waals surface area (Å²) >= 11 is 11.3. The lowest BCUT2D eigenvalue weighted by molar-refractivity contribution is -0.386. The van der Waals surface area contributed by atoms with E-state index in [0.29, 0.717) is 30.1 Å². The number of alkyl halides is 6. The van der Waals surface area contributed by atoms with Gasteiger partial charge in [-0.25, -0.2) is 0 Å². The number of rotatable bonds is 12. The highest BCUT2D eigenvalue weighted by Crippen LogP contribution is 2.36. The third-order valence-corrected chi connectivity index (χ3v) is 12.8. The van der Waals surface area contributed by atoms with Crippen molar-refractivity contribution in [2.75, 3.05) is 32.1 Å². The minimum atomic E-state index is -4.76. The number of nitrogens with zero attached hydrogens (tertiary/aromatic N) is 3. The number of aryl methyl sites for hydroxylation is 9. The minimum absolute atomic E-state index is 0.0295. The fraction of sp³-hybridized carbons (Fsp3) is 0.294. The van der Waals surface area contributed by atoms with Crippen LogP contribution in [0.5, 0.6) is 11.5 Å². The molecule has 13 nitrogen and oxygen atoms in total. The van der Waals surface area contributed by atoms with E-state index in [1.807, 2.05) is 113 Å². The van der Waals surface area contributed by atoms with Crippen molar-refractivity contribution in [3.05, 3.63) is 277 Å². The van der Waals surface area contributed by atoms with Crippen molar-refractivity contribution in [3.8, 4) is 11.5 Å². The Kier molecular flexibility index (Phi) is 36.0. The number of anilines is 1. The molecule has 21 heteroatoms. The van der Waals surface area contributed by atoms with E-state index in [2.05, 4.69) is 37.4 Å². The number of ether oxygens (including phenoxy) is 2. The molecule has 0 saturated carbocycles. The van der Waals surface area contributed by atoms with E-state index in [-0.39, 0.29) is 38.5 Å². The van der Waals surface area contributed by atoms with E-state index in [1.165, 1.54) is 71.5 Å². The van der Waals surface area contributed by atoms with Crippen LogP contribution in [0.15, 0.2) is 170 Å². The van der Waals surface area contributed by atoms with Crippen molar-refractivity contribution in [2.24, 2.45) is 5.73 Å². The zero-order chi connectivity index (χ0) is 67.4. The average Bonchev–Trinajstić information content (AvgIpc) is 3.57. The highest BCUT2D eigenvalue weighted by atomic mass is 35.5. The number of nitrogens with one attached hydrogen (secondary N) is 1. The molecule has 0 amide bonds. The summed E-state index contributed by atoms with van der Waals surface area (Å²) in [6.07, 6.45) is -5.97. The smallest absolute Gasteiger partial charge is 0.416 e. The van der Waals surface area contributed by atoms with Crippen LogP contribution in [0.25, 0.3) is 0 Å². The number of halogens is 8. The van der Waals surface area contributed by atoms with Gasteiger partial charge in [0, 0.05) is 51.6 Å². The second-order valence-electron chi connectivity index (χ2n) is 19.9. The molecule has 0 aliphatic carbocycles. The monoisotopic (exact) mass is 1280 g/mol. The summed E-state index contributed by atoms with van der Waals surface area (Å²) in [4.78, 5) is 30.0. The van der Waals surface area contributed by atoms with Crippen LogP contribution in [0.2, 0.25) is 10.0 Å². The predicted molar refractivity (Wildman–Crippen MR) is 348 cm³/mol. The molecule has 8 aromatic rings. The molecule has 8 aromatic carbocycles. The molecule has 0 bridgehead atoms. The van der Waals surface area contributed by atoms with Gasteiger partial charge in [0.15, 0.2) is 5.75 Å². The van der Waals surface area contributed by atoms with Crippen LogP contribution in [0.4, 0.5) is 49.1 Å². The van der Waals surface area contributed by atoms with Gasteiger partial charge in [-0.3, -0.25) is 30.3 Å². The second-order valence-corrected chi connectivity index (χ2v) is 20.8. The summed E-state index contributed by atoms with van der Waals surface area (Å²) < 4.78 is 83.2. The molecule has 3 N–H and O–H groups in total. The zero-order valence-electron chi connectivity index (χ0n) is 52.1. The van der Waals surface area contributed by atoms with Gasteiger partial charge in [-0.1, -0.05) is 126 Å². The molecule has 0 saturated heterocycles. The van der Waals surface area contributed by atoms with Gasteiger partial charge in [0.1, 0.15) is 5.75 Å². The summed E-state index contributed by atoms with van der Waals surface area (Å²) in [6.45, 7) is 22.8. The third-order valence-electron chi connectivity index (χ3n) is 12.3. The van der Waals surface area contributed by atoms with Crippen molar-refractivity contribution < 1.29 is 50.6 Å².